The highest BCUT2D eigenvalue weighted by Crippen LogP contribution is 2.34. The minimum Gasteiger partial charge on any atom is -0.355 e. The van der Waals surface area contributed by atoms with Crippen LogP contribution in [0.4, 0.5) is 0 Å². The molecular formula is C20H24N2O3S. The van der Waals surface area contributed by atoms with Gasteiger partial charge >= 0.3 is 0 Å². The van der Waals surface area contributed by atoms with E-state index in [0.29, 0.717) is 17.0 Å². The van der Waals surface area contributed by atoms with Crippen molar-refractivity contribution in [3.63, 3.8) is 0 Å². The quantitative estimate of drug-likeness (QED) is 0.848. The Morgan fingerprint density at radius 1 is 1.12 bits per heavy atom. The summed E-state index contributed by atoms with van der Waals surface area (Å²) in [6.07, 6.45) is 1.78. The lowest BCUT2D eigenvalue weighted by atomic mass is 10.1. The minimum absolute atomic E-state index is 0.0542. The van der Waals surface area contributed by atoms with Crippen LogP contribution in [0.15, 0.2) is 47.4 Å². The Balaban J connectivity index is 1.90. The fourth-order valence-corrected chi connectivity index (χ4v) is 4.95. The van der Waals surface area contributed by atoms with E-state index in [0.717, 1.165) is 29.5 Å². The molecule has 5 nitrogen and oxygen atoms in total. The molecule has 0 unspecified atom stereocenters. The number of benzene rings is 2. The lowest BCUT2D eigenvalue weighted by molar-refractivity contribution is 0.0963. The van der Waals surface area contributed by atoms with Gasteiger partial charge in [-0.2, -0.15) is 4.31 Å². The molecule has 3 rings (SSSR count). The van der Waals surface area contributed by atoms with E-state index in [1.54, 1.807) is 29.6 Å². The van der Waals surface area contributed by atoms with Crippen molar-refractivity contribution in [2.24, 2.45) is 0 Å². The summed E-state index contributed by atoms with van der Waals surface area (Å²) >= 11 is 0. The molecule has 0 aliphatic heterocycles. The maximum absolute atomic E-state index is 13.3. The zero-order valence-corrected chi connectivity index (χ0v) is 16.1. The summed E-state index contributed by atoms with van der Waals surface area (Å²) < 4.78 is 28.1. The number of carbonyl (C=O) groups is 1. The SMILES string of the molecule is CNC(=O)c1ccc(CN(C2CC2)S(=O)(=O)c2cc(C)ccc2C)cc1. The van der Waals surface area contributed by atoms with Gasteiger partial charge in [0.15, 0.2) is 0 Å². The first-order valence-electron chi connectivity index (χ1n) is 8.73. The smallest absolute Gasteiger partial charge is 0.251 e. The van der Waals surface area contributed by atoms with Crippen molar-refractivity contribution >= 4 is 15.9 Å². The standard InChI is InChI=1S/C20H24N2O3S/c1-14-4-5-15(2)19(12-14)26(24,25)22(18-10-11-18)13-16-6-8-17(9-7-16)20(23)21-3/h4-9,12,18H,10-11,13H2,1-3H3,(H,21,23). The highest BCUT2D eigenvalue weighted by Gasteiger charge is 2.38. The molecule has 26 heavy (non-hydrogen) atoms. The Morgan fingerprint density at radius 2 is 1.77 bits per heavy atom. The monoisotopic (exact) mass is 372 g/mol. The molecule has 0 heterocycles. The predicted octanol–water partition coefficient (Wildman–Crippen LogP) is 3.02. The Hall–Kier alpha value is -2.18. The third-order valence-electron chi connectivity index (χ3n) is 4.67. The van der Waals surface area contributed by atoms with Crippen molar-refractivity contribution in [1.82, 2.24) is 9.62 Å². The van der Waals surface area contributed by atoms with Crippen LogP contribution in [-0.2, 0) is 16.6 Å². The Bertz CT molecular complexity index is 917. The topological polar surface area (TPSA) is 66.5 Å². The maximum Gasteiger partial charge on any atom is 0.251 e. The first-order valence-corrected chi connectivity index (χ1v) is 10.2. The highest BCUT2D eigenvalue weighted by molar-refractivity contribution is 7.89. The third kappa shape index (κ3) is 3.81. The molecule has 1 fully saturated rings. The predicted molar refractivity (Wildman–Crippen MR) is 101 cm³/mol. The molecular weight excluding hydrogens is 348 g/mol. The molecule has 0 spiro atoms. The molecule has 6 heteroatoms. The van der Waals surface area contributed by atoms with Crippen LogP contribution >= 0.6 is 0 Å². The number of aryl methyl sites for hydroxylation is 2. The molecule has 138 valence electrons. The number of sulfonamides is 1. The van der Waals surface area contributed by atoms with Crippen molar-refractivity contribution < 1.29 is 13.2 Å². The van der Waals surface area contributed by atoms with Crippen LogP contribution in [0.2, 0.25) is 0 Å². The van der Waals surface area contributed by atoms with Gasteiger partial charge in [0.1, 0.15) is 0 Å². The van der Waals surface area contributed by atoms with E-state index in [1.807, 2.05) is 38.1 Å². The fraction of sp³-hybridized carbons (Fsp3) is 0.350. The Morgan fingerprint density at radius 3 is 2.35 bits per heavy atom. The van der Waals surface area contributed by atoms with Crippen LogP contribution in [0.1, 0.15) is 39.9 Å². The molecule has 1 saturated carbocycles. The van der Waals surface area contributed by atoms with E-state index < -0.39 is 10.0 Å². The van der Waals surface area contributed by atoms with Gasteiger partial charge in [0.2, 0.25) is 10.0 Å². The van der Waals surface area contributed by atoms with Crippen LogP contribution in [0.5, 0.6) is 0 Å². The number of rotatable bonds is 6. The average molecular weight is 372 g/mol. The van der Waals surface area contributed by atoms with Crippen molar-refractivity contribution in [3.05, 3.63) is 64.7 Å². The number of nitrogens with one attached hydrogen (secondary N) is 1. The maximum atomic E-state index is 13.3. The summed E-state index contributed by atoms with van der Waals surface area (Å²) in [5, 5.41) is 2.58. The van der Waals surface area contributed by atoms with Gasteiger partial charge in [-0.25, -0.2) is 8.42 Å². The summed E-state index contributed by atoms with van der Waals surface area (Å²) in [6, 6.07) is 12.7. The molecule has 0 atom stereocenters. The van der Waals surface area contributed by atoms with Gasteiger partial charge in [0.05, 0.1) is 4.90 Å². The van der Waals surface area contributed by atoms with Gasteiger partial charge < -0.3 is 5.32 Å². The van der Waals surface area contributed by atoms with Crippen molar-refractivity contribution in [2.75, 3.05) is 7.05 Å². The molecule has 1 N–H and O–H groups in total. The van der Waals surface area contributed by atoms with E-state index in [9.17, 15) is 13.2 Å². The first-order chi connectivity index (χ1) is 12.3. The van der Waals surface area contributed by atoms with Crippen LogP contribution in [-0.4, -0.2) is 31.7 Å². The highest BCUT2D eigenvalue weighted by atomic mass is 32.2. The van der Waals surface area contributed by atoms with Gasteiger partial charge in [-0.1, -0.05) is 24.3 Å². The summed E-state index contributed by atoms with van der Waals surface area (Å²) in [7, 11) is -1.98. The van der Waals surface area contributed by atoms with E-state index >= 15 is 0 Å². The Kier molecular flexibility index (Phi) is 5.16. The van der Waals surface area contributed by atoms with Crippen molar-refractivity contribution in [3.8, 4) is 0 Å². The number of carbonyl (C=O) groups excluding carboxylic acids is 1. The minimum atomic E-state index is -3.57. The number of hydrogen-bond donors (Lipinski definition) is 1. The lowest BCUT2D eigenvalue weighted by Crippen LogP contribution is -2.33. The Labute approximate surface area is 155 Å². The fourth-order valence-electron chi connectivity index (χ4n) is 2.97. The van der Waals surface area contributed by atoms with E-state index in [1.165, 1.54) is 0 Å². The molecule has 0 aromatic heterocycles. The van der Waals surface area contributed by atoms with E-state index in [-0.39, 0.29) is 11.9 Å². The third-order valence-corrected chi connectivity index (χ3v) is 6.71. The molecule has 2 aromatic carbocycles. The van der Waals surface area contributed by atoms with Crippen LogP contribution in [0.3, 0.4) is 0 Å². The molecule has 2 aromatic rings. The number of nitrogens with zero attached hydrogens (tertiary/aromatic N) is 1. The summed E-state index contributed by atoms with van der Waals surface area (Å²) in [5.41, 5.74) is 3.13. The lowest BCUT2D eigenvalue weighted by Gasteiger charge is -2.23. The van der Waals surface area contributed by atoms with E-state index in [2.05, 4.69) is 5.32 Å². The first kappa shape index (κ1) is 18.6. The van der Waals surface area contributed by atoms with Gasteiger partial charge in [-0.3, -0.25) is 4.79 Å². The molecule has 1 aliphatic rings. The molecule has 0 saturated heterocycles. The van der Waals surface area contributed by atoms with E-state index in [4.69, 9.17) is 0 Å². The zero-order chi connectivity index (χ0) is 18.9. The molecule has 0 radical (unpaired) electrons. The van der Waals surface area contributed by atoms with Crippen LogP contribution in [0, 0.1) is 13.8 Å². The second-order valence-electron chi connectivity index (χ2n) is 6.83. The number of hydrogen-bond acceptors (Lipinski definition) is 3. The van der Waals surface area contributed by atoms with Gasteiger partial charge in [-0.15, -0.1) is 0 Å². The van der Waals surface area contributed by atoms with Gasteiger partial charge in [-0.05, 0) is 61.6 Å². The molecule has 1 amide bonds. The van der Waals surface area contributed by atoms with Crippen LogP contribution < -0.4 is 5.32 Å². The number of amides is 1. The van der Waals surface area contributed by atoms with Gasteiger partial charge in [0, 0.05) is 25.2 Å². The second-order valence-corrected chi connectivity index (χ2v) is 8.69. The molecule has 0 bridgehead atoms. The normalized spacial score (nSPS) is 14.5. The van der Waals surface area contributed by atoms with Crippen LogP contribution in [0.25, 0.3) is 0 Å². The van der Waals surface area contributed by atoms with Gasteiger partial charge in [0.25, 0.3) is 5.91 Å². The largest absolute Gasteiger partial charge is 0.355 e. The summed E-state index contributed by atoms with van der Waals surface area (Å²) in [5.74, 6) is -0.154. The average Bonchev–Trinajstić information content (AvgIpc) is 3.46. The van der Waals surface area contributed by atoms with Crippen molar-refractivity contribution in [2.45, 2.75) is 44.2 Å². The molecule has 1 aliphatic carbocycles. The van der Waals surface area contributed by atoms with Crippen molar-refractivity contribution in [1.29, 1.82) is 0 Å². The second kappa shape index (κ2) is 7.21. The summed E-state index contributed by atoms with van der Waals surface area (Å²) in [4.78, 5) is 12.0. The zero-order valence-electron chi connectivity index (χ0n) is 15.3. The summed E-state index contributed by atoms with van der Waals surface area (Å²) in [6.45, 7) is 4.04.